The van der Waals surface area contributed by atoms with Crippen molar-refractivity contribution in [3.63, 3.8) is 0 Å². The Morgan fingerprint density at radius 3 is 2.66 bits per heavy atom. The van der Waals surface area contributed by atoms with Crippen LogP contribution in [0.15, 0.2) is 72.8 Å². The van der Waals surface area contributed by atoms with Gasteiger partial charge in [-0.3, -0.25) is 4.79 Å². The first-order chi connectivity index (χ1) is 15.7. The van der Waals surface area contributed by atoms with Crippen molar-refractivity contribution in [2.24, 2.45) is 7.05 Å². The molecule has 32 heavy (non-hydrogen) atoms. The van der Waals surface area contributed by atoms with E-state index in [0.717, 1.165) is 38.1 Å². The van der Waals surface area contributed by atoms with Crippen LogP contribution in [0.25, 0.3) is 21.3 Å². The molecule has 0 aliphatic carbocycles. The number of hydrogen-bond donors (Lipinski definition) is 2. The van der Waals surface area contributed by atoms with Gasteiger partial charge < -0.3 is 19.9 Å². The molecule has 0 radical (unpaired) electrons. The number of carbonyl (C=O) groups excluding carboxylic acids is 1. The first-order valence-electron chi connectivity index (χ1n) is 10.2. The normalized spacial score (nSPS) is 11.0. The van der Waals surface area contributed by atoms with Gasteiger partial charge in [-0.05, 0) is 42.5 Å². The van der Waals surface area contributed by atoms with Crippen molar-refractivity contribution in [3.8, 4) is 5.75 Å². The van der Waals surface area contributed by atoms with E-state index in [0.29, 0.717) is 18.7 Å². The zero-order valence-corrected chi connectivity index (χ0v) is 18.2. The van der Waals surface area contributed by atoms with Crippen LogP contribution in [0.4, 0.5) is 11.1 Å². The standard InChI is InChI=1S/C24H21N5O2S/c1-29-20-10-6-5-9-18(20)26-23(29)28-24-27-19-12-11-16(15-21(19)32-24)22(30)25-13-14-31-17-7-3-2-4-8-17/h2-12,15H,13-14H2,1H3,(H,25,30)(H,26,27,28). The Kier molecular flexibility index (Phi) is 5.43. The summed E-state index contributed by atoms with van der Waals surface area (Å²) in [4.78, 5) is 21.8. The van der Waals surface area contributed by atoms with Crippen molar-refractivity contribution in [2.75, 3.05) is 18.5 Å². The fourth-order valence-corrected chi connectivity index (χ4v) is 4.32. The lowest BCUT2D eigenvalue weighted by Gasteiger charge is -2.07. The third-order valence-corrected chi connectivity index (χ3v) is 5.99. The third-order valence-electron chi connectivity index (χ3n) is 5.06. The molecule has 3 aromatic carbocycles. The van der Waals surface area contributed by atoms with E-state index in [1.807, 2.05) is 78.3 Å². The number of anilines is 2. The molecular weight excluding hydrogens is 422 g/mol. The van der Waals surface area contributed by atoms with Crippen LogP contribution >= 0.6 is 11.3 Å². The summed E-state index contributed by atoms with van der Waals surface area (Å²) in [5, 5.41) is 6.92. The highest BCUT2D eigenvalue weighted by atomic mass is 32.1. The molecule has 0 fully saturated rings. The number of fused-ring (bicyclic) bond motifs is 2. The number of hydrogen-bond acceptors (Lipinski definition) is 6. The summed E-state index contributed by atoms with van der Waals surface area (Å²) in [6.07, 6.45) is 0. The Morgan fingerprint density at radius 2 is 1.81 bits per heavy atom. The van der Waals surface area contributed by atoms with Gasteiger partial charge in [0.2, 0.25) is 5.95 Å². The molecule has 5 aromatic rings. The number of carbonyl (C=O) groups is 1. The number of nitrogens with zero attached hydrogens (tertiary/aromatic N) is 3. The lowest BCUT2D eigenvalue weighted by atomic mass is 10.2. The number of aryl methyl sites for hydroxylation is 1. The number of aromatic nitrogens is 3. The van der Waals surface area contributed by atoms with E-state index in [4.69, 9.17) is 4.74 Å². The monoisotopic (exact) mass is 443 g/mol. The Bertz CT molecular complexity index is 1390. The topological polar surface area (TPSA) is 81.1 Å². The summed E-state index contributed by atoms with van der Waals surface area (Å²) in [6.45, 7) is 0.832. The van der Waals surface area contributed by atoms with Crippen LogP contribution in [0.5, 0.6) is 5.75 Å². The fourth-order valence-electron chi connectivity index (χ4n) is 3.42. The molecule has 0 spiro atoms. The summed E-state index contributed by atoms with van der Waals surface area (Å²) in [7, 11) is 1.97. The number of para-hydroxylation sites is 3. The summed E-state index contributed by atoms with van der Waals surface area (Å²) < 4.78 is 8.54. The Hall–Kier alpha value is -3.91. The van der Waals surface area contributed by atoms with Gasteiger partial charge in [-0.2, -0.15) is 0 Å². The second kappa shape index (κ2) is 8.68. The summed E-state index contributed by atoms with van der Waals surface area (Å²) in [5.41, 5.74) is 3.40. The Labute approximate surface area is 188 Å². The molecule has 0 saturated carbocycles. The molecule has 160 valence electrons. The predicted molar refractivity (Wildman–Crippen MR) is 128 cm³/mol. The maximum atomic E-state index is 12.5. The van der Waals surface area contributed by atoms with Gasteiger partial charge in [0, 0.05) is 12.6 Å². The molecule has 0 atom stereocenters. The smallest absolute Gasteiger partial charge is 0.251 e. The van der Waals surface area contributed by atoms with Crippen LogP contribution in [-0.2, 0) is 7.05 Å². The average Bonchev–Trinajstić information content (AvgIpc) is 3.37. The number of amides is 1. The number of imidazole rings is 1. The van der Waals surface area contributed by atoms with Crippen LogP contribution in [0.2, 0.25) is 0 Å². The first-order valence-corrected chi connectivity index (χ1v) is 11.0. The predicted octanol–water partition coefficient (Wildman–Crippen LogP) is 4.74. The molecule has 0 unspecified atom stereocenters. The van der Waals surface area contributed by atoms with Crippen LogP contribution in [0.1, 0.15) is 10.4 Å². The number of nitrogens with one attached hydrogen (secondary N) is 2. The minimum absolute atomic E-state index is 0.137. The minimum atomic E-state index is -0.137. The number of rotatable bonds is 7. The zero-order valence-electron chi connectivity index (χ0n) is 17.4. The van der Waals surface area contributed by atoms with E-state index in [1.165, 1.54) is 11.3 Å². The molecule has 2 N–H and O–H groups in total. The fraction of sp³-hybridized carbons (Fsp3) is 0.125. The molecule has 2 heterocycles. The SMILES string of the molecule is Cn1c(Nc2nc3ccc(C(=O)NCCOc4ccccc4)cc3s2)nc2ccccc21. The highest BCUT2D eigenvalue weighted by Crippen LogP contribution is 2.29. The summed E-state index contributed by atoms with van der Waals surface area (Å²) in [6, 6.07) is 23.0. The maximum Gasteiger partial charge on any atom is 0.251 e. The highest BCUT2D eigenvalue weighted by molar-refractivity contribution is 7.22. The van der Waals surface area contributed by atoms with Gasteiger partial charge in [0.15, 0.2) is 5.13 Å². The van der Waals surface area contributed by atoms with Crippen molar-refractivity contribution < 1.29 is 9.53 Å². The van der Waals surface area contributed by atoms with Crippen LogP contribution < -0.4 is 15.4 Å². The van der Waals surface area contributed by atoms with E-state index in [2.05, 4.69) is 20.6 Å². The lowest BCUT2D eigenvalue weighted by Crippen LogP contribution is -2.28. The van der Waals surface area contributed by atoms with Gasteiger partial charge in [0.05, 0.1) is 27.8 Å². The lowest BCUT2D eigenvalue weighted by molar-refractivity contribution is 0.0947. The van der Waals surface area contributed by atoms with Gasteiger partial charge in [-0.15, -0.1) is 0 Å². The second-order valence-corrected chi connectivity index (χ2v) is 8.26. The van der Waals surface area contributed by atoms with Crippen LogP contribution in [0.3, 0.4) is 0 Å². The van der Waals surface area contributed by atoms with E-state index >= 15 is 0 Å². The Balaban J connectivity index is 1.25. The minimum Gasteiger partial charge on any atom is -0.492 e. The number of thiazole rings is 1. The molecule has 2 aromatic heterocycles. The molecular formula is C24H21N5O2S. The van der Waals surface area contributed by atoms with Crippen molar-refractivity contribution in [3.05, 3.63) is 78.4 Å². The van der Waals surface area contributed by atoms with Crippen molar-refractivity contribution in [1.82, 2.24) is 19.9 Å². The summed E-state index contributed by atoms with van der Waals surface area (Å²) in [5.74, 6) is 1.37. The van der Waals surface area contributed by atoms with Crippen molar-refractivity contribution >= 4 is 49.6 Å². The van der Waals surface area contributed by atoms with E-state index < -0.39 is 0 Å². The van der Waals surface area contributed by atoms with Crippen LogP contribution in [-0.4, -0.2) is 33.6 Å². The number of ether oxygens (including phenoxy) is 1. The van der Waals surface area contributed by atoms with Crippen LogP contribution in [0, 0.1) is 0 Å². The first kappa shape index (κ1) is 20.0. The van der Waals surface area contributed by atoms with Gasteiger partial charge >= 0.3 is 0 Å². The van der Waals surface area contributed by atoms with Gasteiger partial charge in [-0.25, -0.2) is 9.97 Å². The molecule has 8 heteroatoms. The molecule has 0 aliphatic heterocycles. The van der Waals surface area contributed by atoms with Gasteiger partial charge in [-0.1, -0.05) is 41.7 Å². The van der Waals surface area contributed by atoms with Gasteiger partial charge in [0.1, 0.15) is 12.4 Å². The molecule has 5 rings (SSSR count). The molecule has 0 saturated heterocycles. The van der Waals surface area contributed by atoms with Crippen molar-refractivity contribution in [1.29, 1.82) is 0 Å². The molecule has 0 bridgehead atoms. The van der Waals surface area contributed by atoms with E-state index in [1.54, 1.807) is 6.07 Å². The average molecular weight is 444 g/mol. The molecule has 7 nitrogen and oxygen atoms in total. The largest absolute Gasteiger partial charge is 0.492 e. The quantitative estimate of drug-likeness (QED) is 0.355. The second-order valence-electron chi connectivity index (χ2n) is 7.23. The van der Waals surface area contributed by atoms with E-state index in [9.17, 15) is 4.79 Å². The third kappa shape index (κ3) is 4.13. The maximum absolute atomic E-state index is 12.5. The van der Waals surface area contributed by atoms with Crippen molar-refractivity contribution in [2.45, 2.75) is 0 Å². The summed E-state index contributed by atoms with van der Waals surface area (Å²) >= 11 is 1.49. The molecule has 1 amide bonds. The zero-order chi connectivity index (χ0) is 21.9. The van der Waals surface area contributed by atoms with E-state index in [-0.39, 0.29) is 5.91 Å². The Morgan fingerprint density at radius 1 is 1.00 bits per heavy atom. The molecule has 0 aliphatic rings. The number of benzene rings is 3. The highest BCUT2D eigenvalue weighted by Gasteiger charge is 2.12. The van der Waals surface area contributed by atoms with Gasteiger partial charge in [0.25, 0.3) is 5.91 Å².